The molecule has 1 fully saturated rings. The van der Waals surface area contributed by atoms with Crippen LogP contribution >= 0.6 is 11.8 Å². The number of rotatable bonds is 2. The Balaban J connectivity index is 1.86. The van der Waals surface area contributed by atoms with Crippen molar-refractivity contribution in [3.63, 3.8) is 0 Å². The van der Waals surface area contributed by atoms with E-state index in [1.807, 2.05) is 40.0 Å². The fourth-order valence-electron chi connectivity index (χ4n) is 2.01. The molecule has 1 aromatic rings. The average Bonchev–Trinajstić information content (AvgIpc) is 2.79. The van der Waals surface area contributed by atoms with Crippen LogP contribution in [0.5, 0.6) is 0 Å². The van der Waals surface area contributed by atoms with Crippen LogP contribution in [0.1, 0.15) is 32.8 Å². The molecule has 1 atom stereocenters. The second kappa shape index (κ2) is 6.04. The van der Waals surface area contributed by atoms with Crippen LogP contribution in [0.15, 0.2) is 23.4 Å². The van der Waals surface area contributed by atoms with Crippen LogP contribution in [0, 0.1) is 6.92 Å². The molecule has 1 unspecified atom stereocenters. The van der Waals surface area contributed by atoms with Gasteiger partial charge in [0, 0.05) is 24.5 Å². The predicted octanol–water partition coefficient (Wildman–Crippen LogP) is 3.49. The molecule has 0 radical (unpaired) electrons. The number of hydrogen-bond donors (Lipinski definition) is 0. The van der Waals surface area contributed by atoms with Gasteiger partial charge in [0.25, 0.3) is 0 Å². The fraction of sp³-hybridized carbons (Fsp3) is 0.600. The lowest BCUT2D eigenvalue weighted by atomic mass is 10.2. The van der Waals surface area contributed by atoms with Crippen molar-refractivity contribution in [3.05, 3.63) is 23.9 Å². The van der Waals surface area contributed by atoms with Crippen LogP contribution in [0.2, 0.25) is 0 Å². The summed E-state index contributed by atoms with van der Waals surface area (Å²) in [7, 11) is 0. The number of pyridine rings is 1. The number of ether oxygens (including phenoxy) is 1. The molecule has 0 bridgehead atoms. The third-order valence-corrected chi connectivity index (χ3v) is 4.17. The summed E-state index contributed by atoms with van der Waals surface area (Å²) in [4.78, 5) is 18.2. The minimum Gasteiger partial charge on any atom is -0.444 e. The third-order valence-electron chi connectivity index (χ3n) is 2.97. The Bertz CT molecular complexity index is 468. The Hall–Kier alpha value is -1.23. The van der Waals surface area contributed by atoms with Gasteiger partial charge >= 0.3 is 6.09 Å². The highest BCUT2D eigenvalue weighted by molar-refractivity contribution is 7.99. The molecule has 0 N–H and O–H groups in total. The normalized spacial score (nSPS) is 19.2. The SMILES string of the molecule is Cc1ccc(SC2CCN(C(=O)OC(C)(C)C)C2)nc1. The Labute approximate surface area is 124 Å². The molecular weight excluding hydrogens is 272 g/mol. The minimum absolute atomic E-state index is 0.211. The van der Waals surface area contributed by atoms with Gasteiger partial charge in [-0.25, -0.2) is 9.78 Å². The van der Waals surface area contributed by atoms with E-state index in [1.165, 1.54) is 0 Å². The molecule has 20 heavy (non-hydrogen) atoms. The molecular formula is C15H22N2O2S. The molecule has 0 spiro atoms. The number of thioether (sulfide) groups is 1. The van der Waals surface area contributed by atoms with Crippen molar-refractivity contribution < 1.29 is 9.53 Å². The maximum absolute atomic E-state index is 12.0. The molecule has 1 aliphatic heterocycles. The van der Waals surface area contributed by atoms with Crippen molar-refractivity contribution >= 4 is 17.9 Å². The van der Waals surface area contributed by atoms with Crippen molar-refractivity contribution in [1.29, 1.82) is 0 Å². The van der Waals surface area contributed by atoms with Gasteiger partial charge in [-0.15, -0.1) is 11.8 Å². The summed E-state index contributed by atoms with van der Waals surface area (Å²) in [5.41, 5.74) is 0.733. The Morgan fingerprint density at radius 3 is 2.80 bits per heavy atom. The molecule has 1 saturated heterocycles. The molecule has 0 aromatic carbocycles. The molecule has 2 heterocycles. The first-order valence-electron chi connectivity index (χ1n) is 6.91. The summed E-state index contributed by atoms with van der Waals surface area (Å²) in [5, 5.41) is 1.42. The summed E-state index contributed by atoms with van der Waals surface area (Å²) < 4.78 is 5.40. The number of aryl methyl sites for hydroxylation is 1. The Morgan fingerprint density at radius 2 is 2.20 bits per heavy atom. The van der Waals surface area contributed by atoms with Crippen LogP contribution in [-0.2, 0) is 4.74 Å². The lowest BCUT2D eigenvalue weighted by molar-refractivity contribution is 0.0295. The number of amides is 1. The van der Waals surface area contributed by atoms with Crippen molar-refractivity contribution in [1.82, 2.24) is 9.88 Å². The third kappa shape index (κ3) is 4.40. The number of hydrogen-bond acceptors (Lipinski definition) is 4. The maximum atomic E-state index is 12.0. The highest BCUT2D eigenvalue weighted by Gasteiger charge is 2.30. The quantitative estimate of drug-likeness (QED) is 0.837. The molecule has 4 nitrogen and oxygen atoms in total. The van der Waals surface area contributed by atoms with Gasteiger partial charge in [0.2, 0.25) is 0 Å². The van der Waals surface area contributed by atoms with Crippen molar-refractivity contribution in [2.75, 3.05) is 13.1 Å². The highest BCUT2D eigenvalue weighted by Crippen LogP contribution is 2.29. The zero-order valence-electron chi connectivity index (χ0n) is 12.5. The zero-order valence-corrected chi connectivity index (χ0v) is 13.4. The van der Waals surface area contributed by atoms with Crippen molar-refractivity contribution in [2.24, 2.45) is 0 Å². The van der Waals surface area contributed by atoms with E-state index in [4.69, 9.17) is 4.74 Å². The van der Waals surface area contributed by atoms with E-state index >= 15 is 0 Å². The lowest BCUT2D eigenvalue weighted by Gasteiger charge is -2.24. The molecule has 1 amide bonds. The molecule has 5 heteroatoms. The van der Waals surface area contributed by atoms with E-state index < -0.39 is 5.60 Å². The first-order valence-corrected chi connectivity index (χ1v) is 7.79. The van der Waals surface area contributed by atoms with E-state index in [2.05, 4.69) is 11.1 Å². The number of carbonyl (C=O) groups is 1. The summed E-state index contributed by atoms with van der Waals surface area (Å²) in [5.74, 6) is 0. The van der Waals surface area contributed by atoms with Crippen molar-refractivity contribution in [2.45, 2.75) is 50.0 Å². The van der Waals surface area contributed by atoms with Crippen LogP contribution in [-0.4, -0.2) is 39.9 Å². The summed E-state index contributed by atoms with van der Waals surface area (Å²) in [6, 6.07) is 4.10. The van der Waals surface area contributed by atoms with E-state index in [0.717, 1.165) is 30.1 Å². The Kier molecular flexibility index (Phi) is 4.58. The second-order valence-corrected chi connectivity index (χ2v) is 7.45. The lowest BCUT2D eigenvalue weighted by Crippen LogP contribution is -2.35. The summed E-state index contributed by atoms with van der Waals surface area (Å²) in [6.45, 7) is 9.20. The van der Waals surface area contributed by atoms with Gasteiger partial charge in [-0.1, -0.05) is 6.07 Å². The first kappa shape index (κ1) is 15.2. The number of nitrogens with zero attached hydrogens (tertiary/aromatic N) is 2. The number of likely N-dealkylation sites (tertiary alicyclic amines) is 1. The molecule has 0 saturated carbocycles. The number of aromatic nitrogens is 1. The smallest absolute Gasteiger partial charge is 0.410 e. The van der Waals surface area contributed by atoms with Gasteiger partial charge in [-0.3, -0.25) is 0 Å². The first-order chi connectivity index (χ1) is 9.33. The fourth-order valence-corrected chi connectivity index (χ4v) is 3.09. The largest absolute Gasteiger partial charge is 0.444 e. The van der Waals surface area contributed by atoms with E-state index in [9.17, 15) is 4.79 Å². The predicted molar refractivity (Wildman–Crippen MR) is 81.0 cm³/mol. The Morgan fingerprint density at radius 1 is 1.45 bits per heavy atom. The van der Waals surface area contributed by atoms with Crippen LogP contribution in [0.3, 0.4) is 0 Å². The molecule has 0 aliphatic carbocycles. The van der Waals surface area contributed by atoms with Crippen molar-refractivity contribution in [3.8, 4) is 0 Å². The zero-order chi connectivity index (χ0) is 14.8. The topological polar surface area (TPSA) is 42.4 Å². The van der Waals surface area contributed by atoms with Gasteiger partial charge in [0.1, 0.15) is 5.60 Å². The monoisotopic (exact) mass is 294 g/mol. The highest BCUT2D eigenvalue weighted by atomic mass is 32.2. The molecule has 110 valence electrons. The van der Waals surface area contributed by atoms with E-state index in [0.29, 0.717) is 5.25 Å². The molecule has 1 aliphatic rings. The van der Waals surface area contributed by atoms with Crippen LogP contribution < -0.4 is 0 Å². The minimum atomic E-state index is -0.430. The van der Waals surface area contributed by atoms with Crippen LogP contribution in [0.4, 0.5) is 4.79 Å². The van der Waals surface area contributed by atoms with E-state index in [1.54, 1.807) is 16.7 Å². The van der Waals surface area contributed by atoms with Gasteiger partial charge < -0.3 is 9.64 Å². The van der Waals surface area contributed by atoms with Gasteiger partial charge in [0.15, 0.2) is 0 Å². The van der Waals surface area contributed by atoms with E-state index in [-0.39, 0.29) is 6.09 Å². The standard InChI is InChI=1S/C15H22N2O2S/c1-11-5-6-13(16-9-11)20-12-7-8-17(10-12)14(18)19-15(2,3)4/h5-6,9,12H,7-8,10H2,1-4H3. The molecule has 2 rings (SSSR count). The van der Waals surface area contributed by atoms with Gasteiger partial charge in [-0.2, -0.15) is 0 Å². The second-order valence-electron chi connectivity index (χ2n) is 6.13. The number of carbonyl (C=O) groups excluding carboxylic acids is 1. The summed E-state index contributed by atoms with van der Waals surface area (Å²) in [6.07, 6.45) is 2.65. The van der Waals surface area contributed by atoms with Gasteiger partial charge in [-0.05, 0) is 45.7 Å². The average molecular weight is 294 g/mol. The summed E-state index contributed by atoms with van der Waals surface area (Å²) >= 11 is 1.74. The maximum Gasteiger partial charge on any atom is 0.410 e. The molecule has 1 aromatic heterocycles. The van der Waals surface area contributed by atoms with Gasteiger partial charge in [0.05, 0.1) is 5.03 Å². The van der Waals surface area contributed by atoms with Crippen LogP contribution in [0.25, 0.3) is 0 Å².